The van der Waals surface area contributed by atoms with Crippen LogP contribution in [0.5, 0.6) is 0 Å². The number of benzene rings is 5. The highest BCUT2D eigenvalue weighted by Gasteiger charge is 2.55. The second kappa shape index (κ2) is 22.0. The van der Waals surface area contributed by atoms with Crippen molar-refractivity contribution in [2.24, 2.45) is 0 Å². The summed E-state index contributed by atoms with van der Waals surface area (Å²) in [5, 5.41) is 23.0. The summed E-state index contributed by atoms with van der Waals surface area (Å²) in [6.07, 6.45) is -12.7. The van der Waals surface area contributed by atoms with Crippen LogP contribution in [0.15, 0.2) is 152 Å². The fraction of sp³-hybridized carbons (Fsp3) is 0.333. The number of methoxy groups -OCH3 is 1. The maximum atomic E-state index is 13.8. The molecule has 0 radical (unpaired) electrons. The number of esters is 2. The van der Waals surface area contributed by atoms with Gasteiger partial charge in [0.25, 0.3) is 0 Å². The van der Waals surface area contributed by atoms with Gasteiger partial charge in [-0.3, -0.25) is 0 Å². The second-order valence-electron chi connectivity index (χ2n) is 14.6. The molecule has 5 aromatic rings. The number of ether oxygens (including phenoxy) is 9. The van der Waals surface area contributed by atoms with E-state index in [2.05, 4.69) is 0 Å². The number of hydrogen-bond donors (Lipinski definition) is 2. The highest BCUT2D eigenvalue weighted by atomic mass is 16.8. The van der Waals surface area contributed by atoms with Crippen LogP contribution in [0.4, 0.5) is 0 Å². The highest BCUT2D eigenvalue weighted by molar-refractivity contribution is 5.90. The van der Waals surface area contributed by atoms with E-state index in [1.807, 2.05) is 91.0 Å². The molecule has 0 aliphatic carbocycles. The fourth-order valence-electron chi connectivity index (χ4n) is 7.26. The topological polar surface area (TPSA) is 158 Å². The Morgan fingerprint density at radius 3 is 1.46 bits per heavy atom. The summed E-state index contributed by atoms with van der Waals surface area (Å²) >= 11 is 0. The standard InChI is InChI=1S/C48H50O13/c1-53-48-44(60-46(52)36-25-15-6-16-26-36)43(59-45(51)35-23-13-5-14-24-35)41(37(27-49)57-48)61-47-39(50)42(56-30-34-21-11-4-12-22-34)40(55-29-33-19-9-3-10-20-33)38(58-47)31-54-28-32-17-7-2-8-18-32/h2-26,37-44,47-50H,27-31H2,1H3/t37-,38-,39-,40-,41-,42-,43+,44+,47-,48+/m1/s1. The lowest BCUT2D eigenvalue weighted by Gasteiger charge is -2.48. The zero-order valence-corrected chi connectivity index (χ0v) is 33.6. The molecule has 0 saturated carbocycles. The predicted molar refractivity (Wildman–Crippen MR) is 220 cm³/mol. The molecule has 10 atom stereocenters. The van der Waals surface area contributed by atoms with Crippen LogP contribution in [0.2, 0.25) is 0 Å². The smallest absolute Gasteiger partial charge is 0.338 e. The number of hydrogen-bond acceptors (Lipinski definition) is 13. The van der Waals surface area contributed by atoms with E-state index in [1.165, 1.54) is 7.11 Å². The number of aliphatic hydroxyl groups excluding tert-OH is 2. The van der Waals surface area contributed by atoms with Crippen molar-refractivity contribution in [2.45, 2.75) is 81.2 Å². The van der Waals surface area contributed by atoms with Crippen LogP contribution in [-0.2, 0) is 62.5 Å². The van der Waals surface area contributed by atoms with Crippen molar-refractivity contribution in [3.8, 4) is 0 Å². The third-order valence-corrected chi connectivity index (χ3v) is 10.4. The van der Waals surface area contributed by atoms with E-state index in [1.54, 1.807) is 60.7 Å². The monoisotopic (exact) mass is 834 g/mol. The zero-order valence-electron chi connectivity index (χ0n) is 33.6. The Bertz CT molecular complexity index is 2060. The normalized spacial score (nSPS) is 26.3. The van der Waals surface area contributed by atoms with Crippen LogP contribution >= 0.6 is 0 Å². The van der Waals surface area contributed by atoms with Crippen molar-refractivity contribution in [2.75, 3.05) is 20.3 Å². The van der Waals surface area contributed by atoms with Crippen LogP contribution in [0.3, 0.4) is 0 Å². The molecule has 2 heterocycles. The Labute approximate surface area is 354 Å². The van der Waals surface area contributed by atoms with Crippen LogP contribution in [0.1, 0.15) is 37.4 Å². The number of carbonyl (C=O) groups is 2. The molecule has 2 saturated heterocycles. The molecule has 7 rings (SSSR count). The van der Waals surface area contributed by atoms with Crippen molar-refractivity contribution in [3.63, 3.8) is 0 Å². The van der Waals surface area contributed by atoms with Gasteiger partial charge in [-0.2, -0.15) is 0 Å². The van der Waals surface area contributed by atoms with E-state index < -0.39 is 80.0 Å². The van der Waals surface area contributed by atoms with E-state index in [0.717, 1.165) is 16.7 Å². The maximum absolute atomic E-state index is 13.8. The molecular formula is C48H50O13. The van der Waals surface area contributed by atoms with Gasteiger partial charge in [0.2, 0.25) is 0 Å². The highest BCUT2D eigenvalue weighted by Crippen LogP contribution is 2.35. The van der Waals surface area contributed by atoms with E-state index in [-0.39, 0.29) is 37.6 Å². The van der Waals surface area contributed by atoms with E-state index in [4.69, 9.17) is 42.6 Å². The molecule has 13 heteroatoms. The summed E-state index contributed by atoms with van der Waals surface area (Å²) in [4.78, 5) is 27.4. The maximum Gasteiger partial charge on any atom is 0.338 e. The molecule has 13 nitrogen and oxygen atoms in total. The van der Waals surface area contributed by atoms with Gasteiger partial charge in [-0.15, -0.1) is 0 Å². The molecule has 0 bridgehead atoms. The Balaban J connectivity index is 1.22. The molecule has 61 heavy (non-hydrogen) atoms. The quantitative estimate of drug-likeness (QED) is 0.104. The van der Waals surface area contributed by atoms with Gasteiger partial charge in [0, 0.05) is 7.11 Å². The first-order valence-electron chi connectivity index (χ1n) is 20.1. The zero-order chi connectivity index (χ0) is 42.4. The number of carbonyl (C=O) groups excluding carboxylic acids is 2. The first-order chi connectivity index (χ1) is 29.9. The average Bonchev–Trinajstić information content (AvgIpc) is 3.31. The Kier molecular flexibility index (Phi) is 15.8. The van der Waals surface area contributed by atoms with Crippen molar-refractivity contribution in [1.29, 1.82) is 0 Å². The van der Waals surface area contributed by atoms with Gasteiger partial charge in [0.05, 0.1) is 44.2 Å². The van der Waals surface area contributed by atoms with Crippen molar-refractivity contribution in [1.82, 2.24) is 0 Å². The van der Waals surface area contributed by atoms with Crippen molar-refractivity contribution in [3.05, 3.63) is 179 Å². The van der Waals surface area contributed by atoms with Crippen LogP contribution in [0, 0.1) is 0 Å². The lowest BCUT2D eigenvalue weighted by Crippen LogP contribution is -2.66. The molecule has 2 aliphatic rings. The molecule has 2 N–H and O–H groups in total. The molecule has 2 aliphatic heterocycles. The minimum atomic E-state index is -1.52. The Morgan fingerprint density at radius 2 is 0.967 bits per heavy atom. The van der Waals surface area contributed by atoms with Gasteiger partial charge in [-0.05, 0) is 41.0 Å². The van der Waals surface area contributed by atoms with Gasteiger partial charge in [0.1, 0.15) is 36.6 Å². The number of aliphatic hydroxyl groups is 2. The SMILES string of the molecule is CO[C@H]1O[C@H](CO)[C@@H](O[C@H]2O[C@H](COCc3ccccc3)[C@@H](OCc3ccccc3)[C@H](OCc3ccccc3)[C@H]2O)[C@H](OC(=O)c2ccccc2)[C@@H]1OC(=O)c1ccccc1. The summed E-state index contributed by atoms with van der Waals surface area (Å²) in [6.45, 7) is -0.128. The summed E-state index contributed by atoms with van der Waals surface area (Å²) < 4.78 is 56.3. The Hall–Kier alpha value is -5.32. The van der Waals surface area contributed by atoms with Crippen LogP contribution in [0.25, 0.3) is 0 Å². The van der Waals surface area contributed by atoms with Gasteiger partial charge in [0.15, 0.2) is 24.8 Å². The lowest BCUT2D eigenvalue weighted by molar-refractivity contribution is -0.362. The van der Waals surface area contributed by atoms with Gasteiger partial charge in [-0.25, -0.2) is 9.59 Å². The van der Waals surface area contributed by atoms with Crippen LogP contribution in [-0.4, -0.2) is 104 Å². The van der Waals surface area contributed by atoms with E-state index in [0.29, 0.717) is 0 Å². The molecule has 320 valence electrons. The van der Waals surface area contributed by atoms with Crippen LogP contribution < -0.4 is 0 Å². The summed E-state index contributed by atoms with van der Waals surface area (Å²) in [5.74, 6) is -1.53. The Morgan fingerprint density at radius 1 is 0.525 bits per heavy atom. The first-order valence-corrected chi connectivity index (χ1v) is 20.1. The molecule has 0 spiro atoms. The van der Waals surface area contributed by atoms with Crippen molar-refractivity contribution >= 4 is 11.9 Å². The summed E-state index contributed by atoms with van der Waals surface area (Å²) in [5.41, 5.74) is 3.09. The van der Waals surface area contributed by atoms with E-state index >= 15 is 0 Å². The molecule has 0 amide bonds. The summed E-state index contributed by atoms with van der Waals surface area (Å²) in [7, 11) is 1.33. The molecule has 2 fully saturated rings. The summed E-state index contributed by atoms with van der Waals surface area (Å²) in [6, 6.07) is 45.2. The minimum absolute atomic E-state index is 0.00773. The average molecular weight is 835 g/mol. The molecular weight excluding hydrogens is 785 g/mol. The predicted octanol–water partition coefficient (Wildman–Crippen LogP) is 5.66. The minimum Gasteiger partial charge on any atom is -0.452 e. The molecule has 5 aromatic carbocycles. The first kappa shape index (κ1) is 43.8. The fourth-order valence-corrected chi connectivity index (χ4v) is 7.26. The van der Waals surface area contributed by atoms with Gasteiger partial charge < -0.3 is 52.8 Å². The molecule has 0 unspecified atom stereocenters. The van der Waals surface area contributed by atoms with Gasteiger partial charge in [-0.1, -0.05) is 127 Å². The third-order valence-electron chi connectivity index (χ3n) is 10.4. The second-order valence-corrected chi connectivity index (χ2v) is 14.6. The van der Waals surface area contributed by atoms with Gasteiger partial charge >= 0.3 is 11.9 Å². The molecule has 0 aromatic heterocycles. The number of rotatable bonds is 18. The largest absolute Gasteiger partial charge is 0.452 e. The third kappa shape index (κ3) is 11.5. The van der Waals surface area contributed by atoms with E-state index in [9.17, 15) is 19.8 Å². The lowest BCUT2D eigenvalue weighted by atomic mass is 9.96. The van der Waals surface area contributed by atoms with Crippen molar-refractivity contribution < 1.29 is 62.4 Å².